The number of Topliss-reactive ketones (excluding diaryl/α,β-unsaturated/α-hetero) is 1. The summed E-state index contributed by atoms with van der Waals surface area (Å²) in [5.41, 5.74) is 0.908. The lowest BCUT2D eigenvalue weighted by atomic mass is 9.97. The average Bonchev–Trinajstić information content (AvgIpc) is 2.71. The van der Waals surface area contributed by atoms with Gasteiger partial charge in [-0.05, 0) is 20.3 Å². The summed E-state index contributed by atoms with van der Waals surface area (Å²) in [5.74, 6) is -1.14. The highest BCUT2D eigenvalue weighted by molar-refractivity contribution is 7.09. The number of thiazole rings is 1. The fourth-order valence-corrected chi connectivity index (χ4v) is 2.48. The van der Waals surface area contributed by atoms with Gasteiger partial charge in [0, 0.05) is 11.1 Å². The van der Waals surface area contributed by atoms with Gasteiger partial charge in [-0.2, -0.15) is 0 Å². The van der Waals surface area contributed by atoms with Gasteiger partial charge in [0.1, 0.15) is 10.9 Å². The zero-order valence-electron chi connectivity index (χ0n) is 11.1. The standard InChI is InChI=1S/C13H19NO3S/c1-4-6-10(13(16)17-5-2)11(15)7-12-14-9(3)8-18-12/h8,10H,4-7H2,1-3H3. The number of aryl methyl sites for hydroxylation is 1. The molecule has 0 radical (unpaired) electrons. The molecule has 1 heterocycles. The second kappa shape index (κ2) is 7.26. The molecule has 1 rings (SSSR count). The number of hydrogen-bond donors (Lipinski definition) is 0. The zero-order chi connectivity index (χ0) is 13.5. The summed E-state index contributed by atoms with van der Waals surface area (Å²) in [6.45, 7) is 5.89. The third kappa shape index (κ3) is 4.22. The Morgan fingerprint density at radius 1 is 1.44 bits per heavy atom. The highest BCUT2D eigenvalue weighted by Crippen LogP contribution is 2.16. The number of ether oxygens (including phenoxy) is 1. The van der Waals surface area contributed by atoms with Crippen molar-refractivity contribution in [3.05, 3.63) is 16.1 Å². The molecule has 0 saturated heterocycles. The molecule has 0 aromatic carbocycles. The lowest BCUT2D eigenvalue weighted by Gasteiger charge is -2.12. The van der Waals surface area contributed by atoms with E-state index in [2.05, 4.69) is 4.98 Å². The van der Waals surface area contributed by atoms with Gasteiger partial charge < -0.3 is 4.74 Å². The van der Waals surface area contributed by atoms with E-state index in [4.69, 9.17) is 4.74 Å². The predicted molar refractivity (Wildman–Crippen MR) is 70.6 cm³/mol. The van der Waals surface area contributed by atoms with Crippen molar-refractivity contribution < 1.29 is 14.3 Å². The molecule has 0 saturated carbocycles. The third-order valence-electron chi connectivity index (χ3n) is 2.53. The van der Waals surface area contributed by atoms with Gasteiger partial charge in [0.05, 0.1) is 13.0 Å². The van der Waals surface area contributed by atoms with Crippen LogP contribution in [0.15, 0.2) is 5.38 Å². The van der Waals surface area contributed by atoms with Crippen molar-refractivity contribution in [3.63, 3.8) is 0 Å². The quantitative estimate of drug-likeness (QED) is 0.564. The van der Waals surface area contributed by atoms with Crippen molar-refractivity contribution >= 4 is 23.1 Å². The summed E-state index contributed by atoms with van der Waals surface area (Å²) in [7, 11) is 0. The smallest absolute Gasteiger partial charge is 0.316 e. The first kappa shape index (κ1) is 14.8. The molecule has 0 spiro atoms. The molecule has 1 unspecified atom stereocenters. The molecule has 5 heteroatoms. The Morgan fingerprint density at radius 3 is 2.67 bits per heavy atom. The Labute approximate surface area is 111 Å². The summed E-state index contributed by atoms with van der Waals surface area (Å²) in [4.78, 5) is 28.0. The fraction of sp³-hybridized carbons (Fsp3) is 0.615. The molecule has 0 aliphatic carbocycles. The highest BCUT2D eigenvalue weighted by Gasteiger charge is 2.27. The first-order valence-electron chi connectivity index (χ1n) is 6.18. The van der Waals surface area contributed by atoms with Crippen LogP contribution in [0.1, 0.15) is 37.4 Å². The first-order chi connectivity index (χ1) is 8.58. The summed E-state index contributed by atoms with van der Waals surface area (Å²) < 4.78 is 4.94. The molecule has 0 aliphatic rings. The van der Waals surface area contributed by atoms with Gasteiger partial charge in [-0.3, -0.25) is 9.59 Å². The van der Waals surface area contributed by atoms with Gasteiger partial charge in [-0.25, -0.2) is 4.98 Å². The number of carbonyl (C=O) groups excluding carboxylic acids is 2. The van der Waals surface area contributed by atoms with Gasteiger partial charge in [0.2, 0.25) is 0 Å². The van der Waals surface area contributed by atoms with Gasteiger partial charge in [-0.1, -0.05) is 13.3 Å². The predicted octanol–water partition coefficient (Wildman–Crippen LogP) is 2.54. The second-order valence-corrected chi connectivity index (χ2v) is 5.06. The third-order valence-corrected chi connectivity index (χ3v) is 3.50. The zero-order valence-corrected chi connectivity index (χ0v) is 11.9. The maximum atomic E-state index is 12.1. The van der Waals surface area contributed by atoms with E-state index >= 15 is 0 Å². The monoisotopic (exact) mass is 269 g/mol. The Bertz CT molecular complexity index is 414. The van der Waals surface area contributed by atoms with Crippen molar-refractivity contribution in [1.29, 1.82) is 0 Å². The van der Waals surface area contributed by atoms with E-state index in [-0.39, 0.29) is 12.2 Å². The summed E-state index contributed by atoms with van der Waals surface area (Å²) in [6, 6.07) is 0. The van der Waals surface area contributed by atoms with E-state index in [0.29, 0.717) is 13.0 Å². The molecular formula is C13H19NO3S. The van der Waals surface area contributed by atoms with Gasteiger partial charge in [0.25, 0.3) is 0 Å². The van der Waals surface area contributed by atoms with E-state index in [1.165, 1.54) is 11.3 Å². The van der Waals surface area contributed by atoms with Crippen LogP contribution in [0.2, 0.25) is 0 Å². The van der Waals surface area contributed by atoms with Gasteiger partial charge >= 0.3 is 5.97 Å². The minimum atomic E-state index is -0.640. The molecule has 0 fully saturated rings. The molecule has 4 nitrogen and oxygen atoms in total. The number of aromatic nitrogens is 1. The minimum absolute atomic E-state index is 0.0929. The Hall–Kier alpha value is -1.23. The van der Waals surface area contributed by atoms with E-state index in [0.717, 1.165) is 17.1 Å². The van der Waals surface area contributed by atoms with Crippen LogP contribution >= 0.6 is 11.3 Å². The van der Waals surface area contributed by atoms with Crippen molar-refractivity contribution in [3.8, 4) is 0 Å². The van der Waals surface area contributed by atoms with Crippen LogP contribution in [0, 0.1) is 12.8 Å². The van der Waals surface area contributed by atoms with E-state index in [9.17, 15) is 9.59 Å². The lowest BCUT2D eigenvalue weighted by Crippen LogP contribution is -2.27. The van der Waals surface area contributed by atoms with Crippen LogP contribution in [0.5, 0.6) is 0 Å². The molecule has 0 amide bonds. The molecule has 0 bridgehead atoms. The molecule has 1 aromatic rings. The molecule has 1 aromatic heterocycles. The van der Waals surface area contributed by atoms with E-state index in [1.807, 2.05) is 19.2 Å². The van der Waals surface area contributed by atoms with Crippen LogP contribution < -0.4 is 0 Å². The number of rotatable bonds is 7. The Morgan fingerprint density at radius 2 is 2.17 bits per heavy atom. The number of nitrogens with zero attached hydrogens (tertiary/aromatic N) is 1. The maximum Gasteiger partial charge on any atom is 0.316 e. The van der Waals surface area contributed by atoms with Crippen LogP contribution in [-0.4, -0.2) is 23.3 Å². The van der Waals surface area contributed by atoms with Crippen LogP contribution in [0.25, 0.3) is 0 Å². The SMILES string of the molecule is CCCC(C(=O)Cc1nc(C)cs1)C(=O)OCC. The minimum Gasteiger partial charge on any atom is -0.465 e. The van der Waals surface area contributed by atoms with Crippen LogP contribution in [0.3, 0.4) is 0 Å². The largest absolute Gasteiger partial charge is 0.465 e. The average molecular weight is 269 g/mol. The Balaban J connectivity index is 2.67. The highest BCUT2D eigenvalue weighted by atomic mass is 32.1. The normalized spacial score (nSPS) is 12.2. The lowest BCUT2D eigenvalue weighted by molar-refractivity contribution is -0.151. The maximum absolute atomic E-state index is 12.1. The molecule has 1 atom stereocenters. The van der Waals surface area contributed by atoms with Crippen LogP contribution in [-0.2, 0) is 20.7 Å². The van der Waals surface area contributed by atoms with Gasteiger partial charge in [0.15, 0.2) is 5.78 Å². The van der Waals surface area contributed by atoms with Crippen molar-refractivity contribution in [1.82, 2.24) is 4.98 Å². The van der Waals surface area contributed by atoms with Crippen molar-refractivity contribution in [2.24, 2.45) is 5.92 Å². The van der Waals surface area contributed by atoms with Crippen LogP contribution in [0.4, 0.5) is 0 Å². The van der Waals surface area contributed by atoms with Gasteiger partial charge in [-0.15, -0.1) is 11.3 Å². The summed E-state index contributed by atoms with van der Waals surface area (Å²) in [5, 5.41) is 2.67. The number of hydrogen-bond acceptors (Lipinski definition) is 5. The summed E-state index contributed by atoms with van der Waals surface area (Å²) >= 11 is 1.45. The van der Waals surface area contributed by atoms with Crippen molar-refractivity contribution in [2.75, 3.05) is 6.61 Å². The number of esters is 1. The molecule has 0 N–H and O–H groups in total. The molecule has 100 valence electrons. The topological polar surface area (TPSA) is 56.3 Å². The van der Waals surface area contributed by atoms with E-state index < -0.39 is 11.9 Å². The van der Waals surface area contributed by atoms with Crippen molar-refractivity contribution in [2.45, 2.75) is 40.0 Å². The molecule has 0 aliphatic heterocycles. The Kier molecular flexibility index (Phi) is 5.98. The van der Waals surface area contributed by atoms with E-state index in [1.54, 1.807) is 6.92 Å². The number of carbonyl (C=O) groups is 2. The summed E-state index contributed by atoms with van der Waals surface area (Å²) in [6.07, 6.45) is 1.55. The molecular weight excluding hydrogens is 250 g/mol. The second-order valence-electron chi connectivity index (χ2n) is 4.12. The first-order valence-corrected chi connectivity index (χ1v) is 7.06. The number of ketones is 1. The molecule has 18 heavy (non-hydrogen) atoms. The fourth-order valence-electron chi connectivity index (χ4n) is 1.70.